The number of aromatic nitrogens is 1. The van der Waals surface area contributed by atoms with Crippen LogP contribution in [0.4, 0.5) is 5.69 Å². The summed E-state index contributed by atoms with van der Waals surface area (Å²) >= 11 is 3.35. The van der Waals surface area contributed by atoms with Crippen LogP contribution in [0.3, 0.4) is 0 Å². The maximum Gasteiger partial charge on any atom is 0.271 e. The first-order valence-electron chi connectivity index (χ1n) is 4.93. The summed E-state index contributed by atoms with van der Waals surface area (Å²) in [5.74, 6) is 0.470. The van der Waals surface area contributed by atoms with Gasteiger partial charge in [-0.05, 0) is 15.9 Å². The smallest absolute Gasteiger partial charge is 0.271 e. The van der Waals surface area contributed by atoms with E-state index in [1.165, 1.54) is 0 Å². The summed E-state index contributed by atoms with van der Waals surface area (Å²) in [7, 11) is 0. The van der Waals surface area contributed by atoms with Crippen molar-refractivity contribution in [2.75, 3.05) is 18.5 Å². The molecule has 1 atom stereocenters. The Labute approximate surface area is 100 Å². The Kier molecular flexibility index (Phi) is 2.15. The molecule has 5 nitrogen and oxygen atoms in total. The highest BCUT2D eigenvalue weighted by Gasteiger charge is 2.48. The van der Waals surface area contributed by atoms with E-state index < -0.39 is 5.60 Å². The third-order valence-electron chi connectivity index (χ3n) is 2.80. The van der Waals surface area contributed by atoms with Gasteiger partial charge in [0.1, 0.15) is 5.69 Å². The van der Waals surface area contributed by atoms with Crippen molar-refractivity contribution >= 4 is 27.5 Å². The quantitative estimate of drug-likeness (QED) is 0.781. The number of nitrogens with zero attached hydrogens (tertiary/aromatic N) is 1. The molecular weight excluding hydrogens is 276 g/mol. The number of hydrogen-bond donors (Lipinski definition) is 1. The van der Waals surface area contributed by atoms with Crippen molar-refractivity contribution < 1.29 is 14.3 Å². The van der Waals surface area contributed by atoms with E-state index in [0.29, 0.717) is 31.1 Å². The molecule has 1 spiro atoms. The molecule has 1 aromatic heterocycles. The van der Waals surface area contributed by atoms with Gasteiger partial charge < -0.3 is 14.8 Å². The molecule has 1 saturated heterocycles. The molecule has 0 radical (unpaired) electrons. The summed E-state index contributed by atoms with van der Waals surface area (Å²) in [5, 5.41) is 2.80. The normalized spacial score (nSPS) is 27.4. The van der Waals surface area contributed by atoms with Crippen LogP contribution < -0.4 is 10.1 Å². The lowest BCUT2D eigenvalue weighted by Crippen LogP contribution is -2.51. The fraction of sp³-hybridized carbons (Fsp3) is 0.400. The number of nitrogens with one attached hydrogen (secondary N) is 1. The van der Waals surface area contributed by atoms with E-state index >= 15 is 0 Å². The van der Waals surface area contributed by atoms with Crippen LogP contribution in [0.2, 0.25) is 0 Å². The zero-order chi connectivity index (χ0) is 11.2. The first kappa shape index (κ1) is 10.0. The zero-order valence-corrected chi connectivity index (χ0v) is 9.91. The first-order valence-corrected chi connectivity index (χ1v) is 5.72. The maximum absolute atomic E-state index is 11.9. The van der Waals surface area contributed by atoms with E-state index in [-0.39, 0.29) is 5.91 Å². The molecule has 1 amide bonds. The number of halogens is 1. The predicted molar refractivity (Wildman–Crippen MR) is 59.4 cm³/mol. The maximum atomic E-state index is 11.9. The third-order valence-corrected chi connectivity index (χ3v) is 3.36. The minimum Gasteiger partial charge on any atom is -0.471 e. The molecule has 0 saturated carbocycles. The zero-order valence-electron chi connectivity index (χ0n) is 8.33. The Bertz CT molecular complexity index is 457. The van der Waals surface area contributed by atoms with Crippen molar-refractivity contribution in [1.29, 1.82) is 0 Å². The number of amides is 1. The van der Waals surface area contributed by atoms with Gasteiger partial charge in [0.2, 0.25) is 5.60 Å². The lowest BCUT2D eigenvalue weighted by molar-refractivity contribution is -0.132. The Morgan fingerprint density at radius 3 is 3.12 bits per heavy atom. The van der Waals surface area contributed by atoms with Gasteiger partial charge in [-0.15, -0.1) is 0 Å². The fourth-order valence-electron chi connectivity index (χ4n) is 1.90. The van der Waals surface area contributed by atoms with E-state index in [1.807, 2.05) is 0 Å². The van der Waals surface area contributed by atoms with Gasteiger partial charge >= 0.3 is 0 Å². The number of pyridine rings is 1. The first-order chi connectivity index (χ1) is 7.71. The molecule has 0 aromatic carbocycles. The highest BCUT2D eigenvalue weighted by Crippen LogP contribution is 2.41. The minimum absolute atomic E-state index is 0.155. The van der Waals surface area contributed by atoms with Gasteiger partial charge in [0.05, 0.1) is 23.9 Å². The van der Waals surface area contributed by atoms with Gasteiger partial charge in [0.15, 0.2) is 5.75 Å². The second-order valence-electron chi connectivity index (χ2n) is 3.85. The molecule has 6 heteroatoms. The highest BCUT2D eigenvalue weighted by atomic mass is 79.9. The number of hydrogen-bond acceptors (Lipinski definition) is 4. The van der Waals surface area contributed by atoms with Gasteiger partial charge in [-0.3, -0.25) is 9.78 Å². The van der Waals surface area contributed by atoms with Crippen LogP contribution in [0.15, 0.2) is 16.9 Å². The van der Waals surface area contributed by atoms with Gasteiger partial charge in [-0.25, -0.2) is 0 Å². The molecule has 3 rings (SSSR count). The molecule has 0 bridgehead atoms. The molecule has 0 aliphatic carbocycles. The Balaban J connectivity index is 2.06. The lowest BCUT2D eigenvalue weighted by atomic mass is 10.00. The molecule has 84 valence electrons. The molecule has 1 N–H and O–H groups in total. The number of anilines is 1. The number of carbonyl (C=O) groups is 1. The minimum atomic E-state index is -0.864. The van der Waals surface area contributed by atoms with Crippen LogP contribution in [0.5, 0.6) is 5.75 Å². The summed E-state index contributed by atoms with van der Waals surface area (Å²) in [4.78, 5) is 15.9. The number of rotatable bonds is 0. The van der Waals surface area contributed by atoms with Gasteiger partial charge in [0, 0.05) is 12.6 Å². The van der Waals surface area contributed by atoms with E-state index in [0.717, 1.165) is 4.47 Å². The van der Waals surface area contributed by atoms with Gasteiger partial charge in [-0.1, -0.05) is 0 Å². The van der Waals surface area contributed by atoms with Crippen molar-refractivity contribution in [3.05, 3.63) is 16.9 Å². The van der Waals surface area contributed by atoms with Crippen molar-refractivity contribution in [3.8, 4) is 5.75 Å². The van der Waals surface area contributed by atoms with Gasteiger partial charge in [-0.2, -0.15) is 0 Å². The molecule has 1 aromatic rings. The molecular formula is C10H9BrN2O3. The predicted octanol–water partition coefficient (Wildman–Crippen LogP) is 1.33. The van der Waals surface area contributed by atoms with Crippen molar-refractivity contribution in [1.82, 2.24) is 4.98 Å². The van der Waals surface area contributed by atoms with E-state index in [4.69, 9.17) is 9.47 Å². The molecule has 3 heterocycles. The number of carbonyl (C=O) groups excluding carboxylic acids is 1. The lowest BCUT2D eigenvalue weighted by Gasteiger charge is -2.33. The molecule has 16 heavy (non-hydrogen) atoms. The summed E-state index contributed by atoms with van der Waals surface area (Å²) in [6.45, 7) is 0.846. The largest absolute Gasteiger partial charge is 0.471 e. The number of fused-ring (bicyclic) bond motifs is 1. The summed E-state index contributed by atoms with van der Waals surface area (Å²) in [6, 6.07) is 0. The monoisotopic (exact) mass is 284 g/mol. The molecule has 2 aliphatic rings. The topological polar surface area (TPSA) is 60.5 Å². The van der Waals surface area contributed by atoms with E-state index in [1.54, 1.807) is 12.4 Å². The van der Waals surface area contributed by atoms with Gasteiger partial charge in [0.25, 0.3) is 5.91 Å². The average Bonchev–Trinajstić information content (AvgIpc) is 2.72. The second-order valence-corrected chi connectivity index (χ2v) is 4.71. The van der Waals surface area contributed by atoms with Crippen molar-refractivity contribution in [2.24, 2.45) is 0 Å². The SMILES string of the molecule is O=C1Nc2cncc(Br)c2OC12CCOC2. The van der Waals surface area contributed by atoms with Crippen LogP contribution in [0.25, 0.3) is 0 Å². The van der Waals surface area contributed by atoms with Crippen molar-refractivity contribution in [2.45, 2.75) is 12.0 Å². The van der Waals surface area contributed by atoms with Crippen LogP contribution >= 0.6 is 15.9 Å². The van der Waals surface area contributed by atoms with Crippen LogP contribution in [-0.4, -0.2) is 29.7 Å². The van der Waals surface area contributed by atoms with Crippen LogP contribution in [0, 0.1) is 0 Å². The Morgan fingerprint density at radius 2 is 2.38 bits per heavy atom. The standard InChI is InChI=1S/C10H9BrN2O3/c11-6-3-12-4-7-8(6)16-10(9(14)13-7)1-2-15-5-10/h3-4H,1-2,5H2,(H,13,14). The fourth-order valence-corrected chi connectivity index (χ4v) is 2.31. The van der Waals surface area contributed by atoms with Crippen LogP contribution in [-0.2, 0) is 9.53 Å². The Hall–Kier alpha value is -1.14. The second kappa shape index (κ2) is 3.43. The summed E-state index contributed by atoms with van der Waals surface area (Å²) < 4.78 is 11.8. The van der Waals surface area contributed by atoms with E-state index in [2.05, 4.69) is 26.2 Å². The Morgan fingerprint density at radius 1 is 1.50 bits per heavy atom. The van der Waals surface area contributed by atoms with E-state index in [9.17, 15) is 4.79 Å². The van der Waals surface area contributed by atoms with Crippen molar-refractivity contribution in [3.63, 3.8) is 0 Å². The average molecular weight is 285 g/mol. The molecule has 1 unspecified atom stereocenters. The number of ether oxygens (including phenoxy) is 2. The third kappa shape index (κ3) is 1.33. The molecule has 1 fully saturated rings. The highest BCUT2D eigenvalue weighted by molar-refractivity contribution is 9.10. The summed E-state index contributed by atoms with van der Waals surface area (Å²) in [6.07, 6.45) is 3.79. The molecule has 2 aliphatic heterocycles. The van der Waals surface area contributed by atoms with Crippen LogP contribution in [0.1, 0.15) is 6.42 Å². The summed E-state index contributed by atoms with van der Waals surface area (Å²) in [5.41, 5.74) is -0.270.